The fourth-order valence-corrected chi connectivity index (χ4v) is 5.07. The van der Waals surface area contributed by atoms with Crippen LogP contribution in [0, 0.1) is 6.92 Å². The summed E-state index contributed by atoms with van der Waals surface area (Å²) >= 11 is 5.67. The van der Waals surface area contributed by atoms with Crippen LogP contribution in [0.5, 0.6) is 0 Å². The highest BCUT2D eigenvalue weighted by atomic mass is 35.5. The Morgan fingerprint density at radius 1 is 1.07 bits per heavy atom. The van der Waals surface area contributed by atoms with Crippen molar-refractivity contribution in [2.24, 2.45) is 0 Å². The molecule has 1 atom stereocenters. The van der Waals surface area contributed by atoms with Gasteiger partial charge < -0.3 is 10.2 Å². The molecule has 0 radical (unpaired) electrons. The van der Waals surface area contributed by atoms with Crippen LogP contribution in [0.4, 0.5) is 0 Å². The third-order valence-corrected chi connectivity index (χ3v) is 7.19. The molecule has 160 valence electrons. The first kappa shape index (κ1) is 22.3. The van der Waals surface area contributed by atoms with Crippen LogP contribution < -0.4 is 5.32 Å². The summed E-state index contributed by atoms with van der Waals surface area (Å²) in [7, 11) is -3.91. The fourth-order valence-electron chi connectivity index (χ4n) is 3.33. The van der Waals surface area contributed by atoms with Crippen molar-refractivity contribution >= 4 is 33.4 Å². The standard InChI is InChI=1S/C21H24ClN3O4S/c1-16-7-9-18(10-8-16)30(28,29)25-12-11-24(20(26)13-22)15-19(25)21(27)23-14-17-5-3-2-4-6-17/h2-10,19H,11-15H2,1H3,(H,23,27)/t19-/m0/s1. The topological polar surface area (TPSA) is 86.8 Å². The first-order chi connectivity index (χ1) is 14.3. The molecule has 0 saturated carbocycles. The van der Waals surface area contributed by atoms with Crippen LogP contribution in [0.3, 0.4) is 0 Å². The molecule has 2 aromatic carbocycles. The first-order valence-corrected chi connectivity index (χ1v) is 11.5. The Labute approximate surface area is 181 Å². The van der Waals surface area contributed by atoms with E-state index in [4.69, 9.17) is 11.6 Å². The van der Waals surface area contributed by atoms with E-state index in [1.54, 1.807) is 12.1 Å². The van der Waals surface area contributed by atoms with Crippen molar-refractivity contribution < 1.29 is 18.0 Å². The van der Waals surface area contributed by atoms with E-state index in [-0.39, 0.29) is 42.9 Å². The second-order valence-corrected chi connectivity index (χ2v) is 9.28. The maximum absolute atomic E-state index is 13.3. The lowest BCUT2D eigenvalue weighted by molar-refractivity contribution is -0.134. The Morgan fingerprint density at radius 3 is 2.37 bits per heavy atom. The van der Waals surface area contributed by atoms with E-state index in [1.165, 1.54) is 21.3 Å². The molecular formula is C21H24ClN3O4S. The number of amides is 2. The summed E-state index contributed by atoms with van der Waals surface area (Å²) in [5.41, 5.74) is 1.83. The maximum Gasteiger partial charge on any atom is 0.243 e. The van der Waals surface area contributed by atoms with Crippen molar-refractivity contribution in [1.29, 1.82) is 0 Å². The lowest BCUT2D eigenvalue weighted by Crippen LogP contribution is -2.61. The molecule has 0 aromatic heterocycles. The zero-order chi connectivity index (χ0) is 21.7. The number of nitrogens with zero attached hydrogens (tertiary/aromatic N) is 2. The van der Waals surface area contributed by atoms with Crippen LogP contribution in [0.25, 0.3) is 0 Å². The number of sulfonamides is 1. The Kier molecular flexibility index (Phi) is 7.12. The molecule has 1 fully saturated rings. The van der Waals surface area contributed by atoms with Gasteiger partial charge in [0, 0.05) is 26.2 Å². The van der Waals surface area contributed by atoms with Crippen molar-refractivity contribution in [2.75, 3.05) is 25.5 Å². The highest BCUT2D eigenvalue weighted by molar-refractivity contribution is 7.89. The van der Waals surface area contributed by atoms with Crippen molar-refractivity contribution in [3.63, 3.8) is 0 Å². The number of carbonyl (C=O) groups is 2. The van der Waals surface area contributed by atoms with Crippen LogP contribution in [-0.2, 0) is 26.2 Å². The molecule has 1 saturated heterocycles. The first-order valence-electron chi connectivity index (χ1n) is 9.57. The third kappa shape index (κ3) is 5.00. The van der Waals surface area contributed by atoms with Gasteiger partial charge in [-0.1, -0.05) is 48.0 Å². The summed E-state index contributed by atoms with van der Waals surface area (Å²) in [6, 6.07) is 14.8. The highest BCUT2D eigenvalue weighted by Crippen LogP contribution is 2.22. The number of benzene rings is 2. The number of carbonyl (C=O) groups excluding carboxylic acids is 2. The van der Waals surface area contributed by atoms with E-state index >= 15 is 0 Å². The van der Waals surface area contributed by atoms with Gasteiger partial charge in [0.1, 0.15) is 11.9 Å². The zero-order valence-electron chi connectivity index (χ0n) is 16.6. The normalized spacial score (nSPS) is 17.5. The number of alkyl halides is 1. The molecule has 2 aromatic rings. The van der Waals surface area contributed by atoms with Gasteiger partial charge >= 0.3 is 0 Å². The second kappa shape index (κ2) is 9.59. The number of rotatable bonds is 6. The fraction of sp³-hybridized carbons (Fsp3) is 0.333. The van der Waals surface area contributed by atoms with Crippen molar-refractivity contribution in [3.05, 3.63) is 65.7 Å². The zero-order valence-corrected chi connectivity index (χ0v) is 18.2. The molecule has 0 unspecified atom stereocenters. The van der Waals surface area contributed by atoms with E-state index in [2.05, 4.69) is 5.32 Å². The van der Waals surface area contributed by atoms with Gasteiger partial charge in [0.25, 0.3) is 0 Å². The van der Waals surface area contributed by atoms with Gasteiger partial charge in [-0.05, 0) is 24.6 Å². The van der Waals surface area contributed by atoms with Gasteiger partial charge in [0.15, 0.2) is 0 Å². The minimum Gasteiger partial charge on any atom is -0.351 e. The van der Waals surface area contributed by atoms with E-state index in [0.29, 0.717) is 0 Å². The van der Waals surface area contributed by atoms with Gasteiger partial charge in [-0.3, -0.25) is 9.59 Å². The highest BCUT2D eigenvalue weighted by Gasteiger charge is 2.41. The Balaban J connectivity index is 1.85. The quantitative estimate of drug-likeness (QED) is 0.681. The van der Waals surface area contributed by atoms with Gasteiger partial charge in [-0.2, -0.15) is 4.31 Å². The number of hydrogen-bond acceptors (Lipinski definition) is 4. The van der Waals surface area contributed by atoms with Gasteiger partial charge in [-0.15, -0.1) is 11.6 Å². The molecule has 2 amide bonds. The molecular weight excluding hydrogens is 426 g/mol. The Bertz CT molecular complexity index is 997. The predicted molar refractivity (Wildman–Crippen MR) is 114 cm³/mol. The number of piperazine rings is 1. The van der Waals surface area contributed by atoms with Crippen LogP contribution in [0.1, 0.15) is 11.1 Å². The number of halogens is 1. The summed E-state index contributed by atoms with van der Waals surface area (Å²) in [5, 5.41) is 2.79. The summed E-state index contributed by atoms with van der Waals surface area (Å²) in [4.78, 5) is 26.6. The second-order valence-electron chi connectivity index (χ2n) is 7.12. The van der Waals surface area contributed by atoms with E-state index in [0.717, 1.165) is 11.1 Å². The Morgan fingerprint density at radius 2 is 1.73 bits per heavy atom. The average Bonchev–Trinajstić information content (AvgIpc) is 2.77. The minimum absolute atomic E-state index is 0.0161. The van der Waals surface area contributed by atoms with Crippen LogP contribution in [0.2, 0.25) is 0 Å². The van der Waals surface area contributed by atoms with Crippen molar-refractivity contribution in [1.82, 2.24) is 14.5 Å². The molecule has 0 spiro atoms. The number of nitrogens with one attached hydrogen (secondary N) is 1. The maximum atomic E-state index is 13.3. The molecule has 0 bridgehead atoms. The minimum atomic E-state index is -3.91. The average molecular weight is 450 g/mol. The Hall–Kier alpha value is -2.42. The molecule has 3 rings (SSSR count). The van der Waals surface area contributed by atoms with Crippen molar-refractivity contribution in [3.8, 4) is 0 Å². The monoisotopic (exact) mass is 449 g/mol. The van der Waals surface area contributed by atoms with Gasteiger partial charge in [-0.25, -0.2) is 8.42 Å². The van der Waals surface area contributed by atoms with Gasteiger partial charge in [0.2, 0.25) is 21.8 Å². The summed E-state index contributed by atoms with van der Waals surface area (Å²) in [6.07, 6.45) is 0. The summed E-state index contributed by atoms with van der Waals surface area (Å²) in [6.45, 7) is 2.28. The molecule has 1 aliphatic rings. The summed E-state index contributed by atoms with van der Waals surface area (Å²) < 4.78 is 27.7. The molecule has 30 heavy (non-hydrogen) atoms. The molecule has 7 nitrogen and oxygen atoms in total. The van der Waals surface area contributed by atoms with E-state index in [9.17, 15) is 18.0 Å². The molecule has 1 aliphatic heterocycles. The predicted octanol–water partition coefficient (Wildman–Crippen LogP) is 1.75. The summed E-state index contributed by atoms with van der Waals surface area (Å²) in [5.74, 6) is -1.00. The molecule has 1 N–H and O–H groups in total. The van der Waals surface area contributed by atoms with Crippen LogP contribution in [-0.4, -0.2) is 61.0 Å². The SMILES string of the molecule is Cc1ccc(S(=O)(=O)N2CCN(C(=O)CCl)C[C@H]2C(=O)NCc2ccccc2)cc1. The molecule has 1 heterocycles. The largest absolute Gasteiger partial charge is 0.351 e. The van der Waals surface area contributed by atoms with Crippen LogP contribution >= 0.6 is 11.6 Å². The smallest absolute Gasteiger partial charge is 0.243 e. The van der Waals surface area contributed by atoms with E-state index < -0.39 is 22.0 Å². The lowest BCUT2D eigenvalue weighted by Gasteiger charge is -2.39. The van der Waals surface area contributed by atoms with Gasteiger partial charge in [0.05, 0.1) is 4.90 Å². The van der Waals surface area contributed by atoms with Crippen molar-refractivity contribution in [2.45, 2.75) is 24.4 Å². The van der Waals surface area contributed by atoms with Crippen LogP contribution in [0.15, 0.2) is 59.5 Å². The molecule has 9 heteroatoms. The number of aryl methyl sites for hydroxylation is 1. The molecule has 0 aliphatic carbocycles. The number of hydrogen-bond donors (Lipinski definition) is 1. The third-order valence-electron chi connectivity index (χ3n) is 5.04. The lowest BCUT2D eigenvalue weighted by atomic mass is 10.1. The van der Waals surface area contributed by atoms with E-state index in [1.807, 2.05) is 37.3 Å².